The highest BCUT2D eigenvalue weighted by atomic mass is 35.5. The highest BCUT2D eigenvalue weighted by molar-refractivity contribution is 5.85. The average molecular weight is 425 g/mol. The summed E-state index contributed by atoms with van der Waals surface area (Å²) in [5.41, 5.74) is 2.60. The fourth-order valence-electron chi connectivity index (χ4n) is 3.69. The van der Waals surface area contributed by atoms with E-state index in [0.717, 1.165) is 31.9 Å². The summed E-state index contributed by atoms with van der Waals surface area (Å²) in [4.78, 5) is 2.64. The van der Waals surface area contributed by atoms with Gasteiger partial charge in [-0.05, 0) is 29.7 Å². The summed E-state index contributed by atoms with van der Waals surface area (Å²) in [5.74, 6) is 0.974. The summed E-state index contributed by atoms with van der Waals surface area (Å²) in [6.07, 6.45) is 5.11. The van der Waals surface area contributed by atoms with Crippen LogP contribution in [-0.2, 0) is 6.61 Å². The monoisotopic (exact) mass is 424 g/mol. The standard InChI is InChI=1S/C23H32N2O.2ClH/c1-2-3-5-13-23(25-16-14-24-15-17-25)21-11-8-12-22(18-21)26-19-20-9-6-4-7-10-20;;/h4,6-12,18,23-24H,2-3,5,13-17,19H2,1H3;2*1H/t23-;;/m0../s1. The van der Waals surface area contributed by atoms with E-state index in [9.17, 15) is 0 Å². The van der Waals surface area contributed by atoms with Gasteiger partial charge in [0, 0.05) is 32.2 Å². The van der Waals surface area contributed by atoms with E-state index >= 15 is 0 Å². The summed E-state index contributed by atoms with van der Waals surface area (Å²) in [6.45, 7) is 7.34. The molecule has 3 rings (SSSR count). The van der Waals surface area contributed by atoms with Gasteiger partial charge in [-0.1, -0.05) is 68.7 Å². The highest BCUT2D eigenvalue weighted by Gasteiger charge is 2.22. The van der Waals surface area contributed by atoms with Crippen molar-refractivity contribution in [1.29, 1.82) is 0 Å². The third kappa shape index (κ3) is 7.63. The Morgan fingerprint density at radius 1 is 0.964 bits per heavy atom. The molecular formula is C23H34Cl2N2O. The number of nitrogens with one attached hydrogen (secondary N) is 1. The van der Waals surface area contributed by atoms with Crippen LogP contribution in [0, 0.1) is 0 Å². The lowest BCUT2D eigenvalue weighted by atomic mass is 9.98. The minimum Gasteiger partial charge on any atom is -0.489 e. The Bertz CT molecular complexity index is 648. The van der Waals surface area contributed by atoms with E-state index in [1.165, 1.54) is 36.8 Å². The normalized spacial score (nSPS) is 15.2. The minimum absolute atomic E-state index is 0. The highest BCUT2D eigenvalue weighted by Crippen LogP contribution is 2.29. The average Bonchev–Trinajstić information content (AvgIpc) is 2.71. The zero-order valence-electron chi connectivity index (χ0n) is 16.8. The van der Waals surface area contributed by atoms with Crippen LogP contribution in [0.4, 0.5) is 0 Å². The van der Waals surface area contributed by atoms with Gasteiger partial charge in [0.25, 0.3) is 0 Å². The van der Waals surface area contributed by atoms with Crippen molar-refractivity contribution in [3.63, 3.8) is 0 Å². The van der Waals surface area contributed by atoms with Gasteiger partial charge in [-0.15, -0.1) is 24.8 Å². The predicted octanol–water partition coefficient (Wildman–Crippen LogP) is 5.64. The second-order valence-electron chi connectivity index (χ2n) is 7.14. The van der Waals surface area contributed by atoms with E-state index in [-0.39, 0.29) is 24.8 Å². The predicted molar refractivity (Wildman–Crippen MR) is 123 cm³/mol. The second-order valence-corrected chi connectivity index (χ2v) is 7.14. The maximum atomic E-state index is 6.06. The van der Waals surface area contributed by atoms with Gasteiger partial charge in [0.2, 0.25) is 0 Å². The largest absolute Gasteiger partial charge is 0.489 e. The number of ether oxygens (including phenoxy) is 1. The van der Waals surface area contributed by atoms with Crippen LogP contribution in [0.1, 0.15) is 49.8 Å². The summed E-state index contributed by atoms with van der Waals surface area (Å²) < 4.78 is 6.06. The molecule has 1 aliphatic heterocycles. The first-order valence-electron chi connectivity index (χ1n) is 10.1. The van der Waals surface area contributed by atoms with Crippen molar-refractivity contribution in [2.45, 2.75) is 45.3 Å². The number of nitrogens with zero attached hydrogens (tertiary/aromatic N) is 1. The molecule has 2 aromatic rings. The summed E-state index contributed by atoms with van der Waals surface area (Å²) in [6, 6.07) is 19.6. The molecule has 3 nitrogen and oxygen atoms in total. The molecule has 0 spiro atoms. The molecule has 0 unspecified atom stereocenters. The van der Waals surface area contributed by atoms with E-state index < -0.39 is 0 Å². The summed E-state index contributed by atoms with van der Waals surface area (Å²) in [5, 5.41) is 3.47. The molecule has 0 aliphatic carbocycles. The molecule has 0 aromatic heterocycles. The van der Waals surface area contributed by atoms with Crippen molar-refractivity contribution in [3.05, 3.63) is 65.7 Å². The quantitative estimate of drug-likeness (QED) is 0.527. The van der Waals surface area contributed by atoms with Gasteiger partial charge >= 0.3 is 0 Å². The van der Waals surface area contributed by atoms with Crippen LogP contribution in [0.5, 0.6) is 5.75 Å². The van der Waals surface area contributed by atoms with Crippen LogP contribution in [-0.4, -0.2) is 31.1 Å². The fourth-order valence-corrected chi connectivity index (χ4v) is 3.69. The van der Waals surface area contributed by atoms with Crippen molar-refractivity contribution >= 4 is 24.8 Å². The third-order valence-electron chi connectivity index (χ3n) is 5.16. The molecular weight excluding hydrogens is 391 g/mol. The maximum Gasteiger partial charge on any atom is 0.120 e. The van der Waals surface area contributed by atoms with E-state index in [1.807, 2.05) is 6.07 Å². The van der Waals surface area contributed by atoms with Crippen molar-refractivity contribution < 1.29 is 4.74 Å². The Balaban J connectivity index is 0.00000196. The lowest BCUT2D eigenvalue weighted by Gasteiger charge is -2.35. The topological polar surface area (TPSA) is 24.5 Å². The van der Waals surface area contributed by atoms with Crippen LogP contribution in [0.25, 0.3) is 0 Å². The molecule has 1 heterocycles. The lowest BCUT2D eigenvalue weighted by molar-refractivity contribution is 0.162. The van der Waals surface area contributed by atoms with Crippen LogP contribution in [0.2, 0.25) is 0 Å². The number of hydrogen-bond donors (Lipinski definition) is 1. The minimum atomic E-state index is 0. The zero-order valence-corrected chi connectivity index (χ0v) is 18.4. The van der Waals surface area contributed by atoms with Gasteiger partial charge in [0.05, 0.1) is 0 Å². The number of hydrogen-bond acceptors (Lipinski definition) is 3. The number of unbranched alkanes of at least 4 members (excludes halogenated alkanes) is 2. The molecule has 1 saturated heterocycles. The van der Waals surface area contributed by atoms with Crippen LogP contribution < -0.4 is 10.1 Å². The van der Waals surface area contributed by atoms with Crippen molar-refractivity contribution in [2.24, 2.45) is 0 Å². The molecule has 5 heteroatoms. The molecule has 0 radical (unpaired) electrons. The summed E-state index contributed by atoms with van der Waals surface area (Å²) in [7, 11) is 0. The molecule has 0 amide bonds. The molecule has 156 valence electrons. The van der Waals surface area contributed by atoms with Crippen molar-refractivity contribution in [3.8, 4) is 5.75 Å². The first-order valence-corrected chi connectivity index (χ1v) is 10.1. The second kappa shape index (κ2) is 13.8. The molecule has 0 saturated carbocycles. The van der Waals surface area contributed by atoms with Gasteiger partial charge < -0.3 is 10.1 Å². The zero-order chi connectivity index (χ0) is 18.0. The Hall–Kier alpha value is -1.26. The molecule has 0 bridgehead atoms. The first-order chi connectivity index (χ1) is 12.9. The van der Waals surface area contributed by atoms with Gasteiger partial charge in [-0.2, -0.15) is 0 Å². The van der Waals surface area contributed by atoms with Crippen LogP contribution in [0.3, 0.4) is 0 Å². The number of piperazine rings is 1. The first kappa shape index (κ1) is 24.8. The number of halogens is 2. The van der Waals surface area contributed by atoms with Crippen LogP contribution >= 0.6 is 24.8 Å². The number of rotatable bonds is 9. The van der Waals surface area contributed by atoms with E-state index in [4.69, 9.17) is 4.74 Å². The maximum absolute atomic E-state index is 6.06. The van der Waals surface area contributed by atoms with Gasteiger partial charge in [0.15, 0.2) is 0 Å². The fraction of sp³-hybridized carbons (Fsp3) is 0.478. The Kier molecular flexibility index (Phi) is 12.2. The van der Waals surface area contributed by atoms with E-state index in [1.54, 1.807) is 0 Å². The lowest BCUT2D eigenvalue weighted by Crippen LogP contribution is -2.45. The Labute approximate surface area is 182 Å². The molecule has 1 N–H and O–H groups in total. The Morgan fingerprint density at radius 3 is 2.43 bits per heavy atom. The van der Waals surface area contributed by atoms with E-state index in [0.29, 0.717) is 12.6 Å². The molecule has 1 atom stereocenters. The van der Waals surface area contributed by atoms with Gasteiger partial charge in [0.1, 0.15) is 12.4 Å². The molecule has 1 fully saturated rings. The SMILES string of the molecule is CCCCC[C@@H](c1cccc(OCc2ccccc2)c1)N1CCNCC1.Cl.Cl. The summed E-state index contributed by atoms with van der Waals surface area (Å²) >= 11 is 0. The van der Waals surface area contributed by atoms with Crippen molar-refractivity contribution in [2.75, 3.05) is 26.2 Å². The van der Waals surface area contributed by atoms with Crippen molar-refractivity contribution in [1.82, 2.24) is 10.2 Å². The number of benzene rings is 2. The molecule has 1 aliphatic rings. The third-order valence-corrected chi connectivity index (χ3v) is 5.16. The Morgan fingerprint density at radius 2 is 1.71 bits per heavy atom. The molecule has 28 heavy (non-hydrogen) atoms. The van der Waals surface area contributed by atoms with Crippen LogP contribution in [0.15, 0.2) is 54.6 Å². The van der Waals surface area contributed by atoms with E-state index in [2.05, 4.69) is 65.7 Å². The molecule has 2 aromatic carbocycles. The smallest absolute Gasteiger partial charge is 0.120 e. The van der Waals surface area contributed by atoms with Gasteiger partial charge in [-0.25, -0.2) is 0 Å². The van der Waals surface area contributed by atoms with Gasteiger partial charge in [-0.3, -0.25) is 4.90 Å².